The summed E-state index contributed by atoms with van der Waals surface area (Å²) in [5.74, 6) is -0.933. The SMILES string of the molecule is Cc1ccc(S(=O)(=O)N(CC(=O)N(Cc2ccc(Cl)c(Cl)c2)C(C)C(=O)NC(C)C)c2cccc(Br)c2)cc1. The second kappa shape index (κ2) is 13.2. The van der Waals surface area contributed by atoms with Crippen LogP contribution in [0.1, 0.15) is 31.9 Å². The summed E-state index contributed by atoms with van der Waals surface area (Å²) in [7, 11) is -4.14. The molecule has 2 amide bonds. The minimum absolute atomic E-state index is 0.0132. The summed E-state index contributed by atoms with van der Waals surface area (Å²) in [5, 5.41) is 3.48. The van der Waals surface area contributed by atoms with Gasteiger partial charge in [0, 0.05) is 17.1 Å². The van der Waals surface area contributed by atoms with Gasteiger partial charge in [-0.05, 0) is 75.7 Å². The first-order chi connectivity index (χ1) is 18.3. The van der Waals surface area contributed by atoms with Crippen LogP contribution in [0.3, 0.4) is 0 Å². The van der Waals surface area contributed by atoms with E-state index in [1.807, 2.05) is 20.8 Å². The highest BCUT2D eigenvalue weighted by molar-refractivity contribution is 9.10. The lowest BCUT2D eigenvalue weighted by Gasteiger charge is -2.32. The number of sulfonamides is 1. The standard InChI is InChI=1S/C28H30BrCl2N3O4S/c1-18(2)32-28(36)20(4)33(16-21-10-13-25(30)26(31)14-21)27(35)17-34(23-7-5-6-22(29)15-23)39(37,38)24-11-8-19(3)9-12-24/h5-15,18,20H,16-17H2,1-4H3,(H,32,36). The van der Waals surface area contributed by atoms with Crippen molar-refractivity contribution in [1.29, 1.82) is 0 Å². The average molecular weight is 655 g/mol. The highest BCUT2D eigenvalue weighted by Crippen LogP contribution is 2.28. The summed E-state index contributed by atoms with van der Waals surface area (Å²) in [6, 6.07) is 17.0. The van der Waals surface area contributed by atoms with Gasteiger partial charge >= 0.3 is 0 Å². The van der Waals surface area contributed by atoms with Crippen LogP contribution in [0.15, 0.2) is 76.1 Å². The number of carbonyl (C=O) groups excluding carboxylic acids is 2. The number of amides is 2. The minimum atomic E-state index is -4.14. The molecule has 3 rings (SSSR count). The molecule has 3 aromatic rings. The molecule has 1 N–H and O–H groups in total. The first-order valence-electron chi connectivity index (χ1n) is 12.2. The fourth-order valence-corrected chi connectivity index (χ4v) is 5.93. The number of benzene rings is 3. The molecule has 0 heterocycles. The van der Waals surface area contributed by atoms with Crippen LogP contribution >= 0.6 is 39.1 Å². The van der Waals surface area contributed by atoms with Crippen LogP contribution in [0.2, 0.25) is 10.0 Å². The Labute approximate surface area is 248 Å². The lowest BCUT2D eigenvalue weighted by molar-refractivity contribution is -0.139. The van der Waals surface area contributed by atoms with Crippen molar-refractivity contribution in [2.24, 2.45) is 0 Å². The Morgan fingerprint density at radius 1 is 0.949 bits per heavy atom. The van der Waals surface area contributed by atoms with Gasteiger partial charge in [-0.3, -0.25) is 13.9 Å². The third-order valence-electron chi connectivity index (χ3n) is 5.92. The first-order valence-corrected chi connectivity index (χ1v) is 15.2. The van der Waals surface area contributed by atoms with E-state index in [2.05, 4.69) is 21.2 Å². The molecule has 0 fully saturated rings. The van der Waals surface area contributed by atoms with E-state index in [1.54, 1.807) is 61.5 Å². The van der Waals surface area contributed by atoms with Crippen LogP contribution in [0.25, 0.3) is 0 Å². The summed E-state index contributed by atoms with van der Waals surface area (Å²) < 4.78 is 29.4. The van der Waals surface area contributed by atoms with Crippen molar-refractivity contribution in [1.82, 2.24) is 10.2 Å². The lowest BCUT2D eigenvalue weighted by Crippen LogP contribution is -2.52. The van der Waals surface area contributed by atoms with E-state index < -0.39 is 28.5 Å². The molecule has 208 valence electrons. The maximum Gasteiger partial charge on any atom is 0.264 e. The van der Waals surface area contributed by atoms with Gasteiger partial charge in [0.05, 0.1) is 20.6 Å². The molecule has 0 spiro atoms. The average Bonchev–Trinajstić information content (AvgIpc) is 2.87. The number of rotatable bonds is 10. The fourth-order valence-electron chi connectivity index (χ4n) is 3.82. The quantitative estimate of drug-likeness (QED) is 0.282. The molecule has 1 unspecified atom stereocenters. The van der Waals surface area contributed by atoms with Crippen molar-refractivity contribution in [3.63, 3.8) is 0 Å². The van der Waals surface area contributed by atoms with E-state index in [9.17, 15) is 18.0 Å². The summed E-state index contributed by atoms with van der Waals surface area (Å²) in [6.07, 6.45) is 0. The summed E-state index contributed by atoms with van der Waals surface area (Å²) in [6.45, 7) is 6.58. The zero-order valence-corrected chi connectivity index (χ0v) is 25.9. The molecule has 0 saturated carbocycles. The van der Waals surface area contributed by atoms with Gasteiger partial charge in [-0.2, -0.15) is 0 Å². The molecular weight excluding hydrogens is 625 g/mol. The number of nitrogens with zero attached hydrogens (tertiary/aromatic N) is 2. The highest BCUT2D eigenvalue weighted by Gasteiger charge is 2.32. The second-order valence-electron chi connectivity index (χ2n) is 9.41. The number of carbonyl (C=O) groups is 2. The lowest BCUT2D eigenvalue weighted by atomic mass is 10.1. The summed E-state index contributed by atoms with van der Waals surface area (Å²) >= 11 is 15.6. The zero-order chi connectivity index (χ0) is 28.9. The van der Waals surface area contributed by atoms with E-state index >= 15 is 0 Å². The van der Waals surface area contributed by atoms with E-state index in [0.29, 0.717) is 25.8 Å². The van der Waals surface area contributed by atoms with Crippen molar-refractivity contribution in [2.45, 2.75) is 51.2 Å². The summed E-state index contributed by atoms with van der Waals surface area (Å²) in [4.78, 5) is 28.3. The van der Waals surface area contributed by atoms with E-state index in [0.717, 1.165) is 9.87 Å². The topological polar surface area (TPSA) is 86.8 Å². The predicted molar refractivity (Wildman–Crippen MR) is 160 cm³/mol. The third kappa shape index (κ3) is 7.97. The zero-order valence-electron chi connectivity index (χ0n) is 22.0. The van der Waals surface area contributed by atoms with Gasteiger partial charge in [0.2, 0.25) is 11.8 Å². The van der Waals surface area contributed by atoms with Crippen molar-refractivity contribution in [2.75, 3.05) is 10.8 Å². The first kappa shape index (κ1) is 30.9. The number of nitrogens with one attached hydrogen (secondary N) is 1. The van der Waals surface area contributed by atoms with Gasteiger partial charge in [-0.1, -0.05) is 69.0 Å². The van der Waals surface area contributed by atoms with Crippen molar-refractivity contribution >= 4 is 66.7 Å². The molecule has 11 heteroatoms. The monoisotopic (exact) mass is 653 g/mol. The van der Waals surface area contributed by atoms with Crippen LogP contribution in [0, 0.1) is 6.92 Å². The Bertz CT molecular complexity index is 1450. The number of halogens is 3. The van der Waals surface area contributed by atoms with Crippen LogP contribution in [-0.2, 0) is 26.2 Å². The van der Waals surface area contributed by atoms with Crippen LogP contribution in [0.4, 0.5) is 5.69 Å². The molecule has 0 bridgehead atoms. The minimum Gasteiger partial charge on any atom is -0.352 e. The fraction of sp³-hybridized carbons (Fsp3) is 0.286. The van der Waals surface area contributed by atoms with Crippen LogP contribution < -0.4 is 9.62 Å². The van der Waals surface area contributed by atoms with Gasteiger partial charge in [-0.25, -0.2) is 8.42 Å². The molecule has 0 radical (unpaired) electrons. The van der Waals surface area contributed by atoms with E-state index in [-0.39, 0.29) is 23.4 Å². The molecular formula is C28H30BrCl2N3O4S. The Kier molecular flexibility index (Phi) is 10.5. The predicted octanol–water partition coefficient (Wildman–Crippen LogP) is 6.20. The largest absolute Gasteiger partial charge is 0.352 e. The maximum atomic E-state index is 13.9. The second-order valence-corrected chi connectivity index (χ2v) is 13.0. The van der Waals surface area contributed by atoms with Crippen molar-refractivity contribution in [3.8, 4) is 0 Å². The van der Waals surface area contributed by atoms with Crippen molar-refractivity contribution in [3.05, 3.63) is 92.4 Å². The molecule has 39 heavy (non-hydrogen) atoms. The highest BCUT2D eigenvalue weighted by atomic mass is 79.9. The van der Waals surface area contributed by atoms with Crippen molar-refractivity contribution < 1.29 is 18.0 Å². The Balaban J connectivity index is 2.04. The van der Waals surface area contributed by atoms with Gasteiger partial charge in [0.15, 0.2) is 0 Å². The molecule has 1 atom stereocenters. The van der Waals surface area contributed by atoms with E-state index in [1.165, 1.54) is 17.0 Å². The Morgan fingerprint density at radius 3 is 2.21 bits per heavy atom. The number of aryl methyl sites for hydroxylation is 1. The molecule has 3 aromatic carbocycles. The third-order valence-corrected chi connectivity index (χ3v) is 8.94. The molecule has 0 saturated heterocycles. The normalized spacial score (nSPS) is 12.2. The van der Waals surface area contributed by atoms with Gasteiger partial charge in [-0.15, -0.1) is 0 Å². The Hall–Kier alpha value is -2.59. The number of anilines is 1. The smallest absolute Gasteiger partial charge is 0.264 e. The van der Waals surface area contributed by atoms with Gasteiger partial charge < -0.3 is 10.2 Å². The van der Waals surface area contributed by atoms with Gasteiger partial charge in [0.1, 0.15) is 12.6 Å². The molecule has 0 aromatic heterocycles. The molecule has 0 aliphatic rings. The Morgan fingerprint density at radius 2 is 1.62 bits per heavy atom. The van der Waals surface area contributed by atoms with Crippen LogP contribution in [0.5, 0.6) is 0 Å². The van der Waals surface area contributed by atoms with Gasteiger partial charge in [0.25, 0.3) is 10.0 Å². The maximum absolute atomic E-state index is 13.9. The summed E-state index contributed by atoms with van der Waals surface area (Å²) in [5.41, 5.74) is 1.83. The van der Waals surface area contributed by atoms with Crippen LogP contribution in [-0.4, -0.2) is 43.8 Å². The number of hydrogen-bond donors (Lipinski definition) is 1. The molecule has 7 nitrogen and oxygen atoms in total. The van der Waals surface area contributed by atoms with E-state index in [4.69, 9.17) is 23.2 Å². The molecule has 0 aliphatic carbocycles. The molecule has 0 aliphatic heterocycles. The number of hydrogen-bond acceptors (Lipinski definition) is 4.